The zero-order chi connectivity index (χ0) is 12.5. The van der Waals surface area contributed by atoms with Gasteiger partial charge in [0.25, 0.3) is 0 Å². The average Bonchev–Trinajstić information content (AvgIpc) is 2.78. The zero-order valence-electron chi connectivity index (χ0n) is 10.7. The number of likely N-dealkylation sites (tertiary alicyclic amines) is 1. The smallest absolute Gasteiger partial charge is 0.0410 e. The van der Waals surface area contributed by atoms with Gasteiger partial charge in [-0.2, -0.15) is 0 Å². The van der Waals surface area contributed by atoms with Crippen molar-refractivity contribution in [2.45, 2.75) is 44.7 Å². The monoisotopic (exact) mass is 264 g/mol. The first-order valence-corrected chi connectivity index (χ1v) is 7.40. The van der Waals surface area contributed by atoms with Gasteiger partial charge in [0.15, 0.2) is 0 Å². The third kappa shape index (κ3) is 2.36. The van der Waals surface area contributed by atoms with Crippen molar-refractivity contribution in [1.82, 2.24) is 4.90 Å². The van der Waals surface area contributed by atoms with E-state index in [1.54, 1.807) is 0 Å². The first-order valence-electron chi connectivity index (χ1n) is 7.02. The molecule has 2 fully saturated rings. The van der Waals surface area contributed by atoms with Crippen LogP contribution in [-0.2, 0) is 6.54 Å². The van der Waals surface area contributed by atoms with E-state index in [2.05, 4.69) is 4.90 Å². The Bertz CT molecular complexity index is 433. The van der Waals surface area contributed by atoms with Gasteiger partial charge in [-0.05, 0) is 55.5 Å². The molecule has 2 atom stereocenters. The first-order chi connectivity index (χ1) is 8.74. The Kier molecular flexibility index (Phi) is 3.49. The Hall–Kier alpha value is -0.730. The largest absolute Gasteiger partial charge is 0.398 e. The lowest BCUT2D eigenvalue weighted by atomic mass is 9.85. The number of anilines is 1. The summed E-state index contributed by atoms with van der Waals surface area (Å²) in [6.07, 6.45) is 6.97. The van der Waals surface area contributed by atoms with Crippen molar-refractivity contribution < 1.29 is 0 Å². The molecule has 2 unspecified atom stereocenters. The Morgan fingerprint density at radius 3 is 2.94 bits per heavy atom. The molecule has 1 aromatic carbocycles. The minimum Gasteiger partial charge on any atom is -0.398 e. The average molecular weight is 265 g/mol. The summed E-state index contributed by atoms with van der Waals surface area (Å²) in [6.45, 7) is 2.19. The van der Waals surface area contributed by atoms with Crippen LogP contribution in [0.1, 0.15) is 37.7 Å². The molecule has 2 N–H and O–H groups in total. The molecule has 0 aromatic heterocycles. The number of benzene rings is 1. The Balaban J connectivity index is 1.74. The maximum absolute atomic E-state index is 6.07. The van der Waals surface area contributed by atoms with Crippen molar-refractivity contribution in [2.75, 3.05) is 12.3 Å². The molecule has 98 valence electrons. The molecule has 3 rings (SSSR count). The molecule has 1 aliphatic heterocycles. The third-order valence-corrected chi connectivity index (χ3v) is 4.84. The molecule has 2 aliphatic rings. The van der Waals surface area contributed by atoms with Crippen molar-refractivity contribution >= 4 is 17.3 Å². The number of fused-ring (bicyclic) bond motifs is 1. The number of hydrogen-bond acceptors (Lipinski definition) is 2. The van der Waals surface area contributed by atoms with Crippen LogP contribution < -0.4 is 5.73 Å². The van der Waals surface area contributed by atoms with E-state index < -0.39 is 0 Å². The summed E-state index contributed by atoms with van der Waals surface area (Å²) in [7, 11) is 0. The van der Waals surface area contributed by atoms with E-state index in [9.17, 15) is 0 Å². The van der Waals surface area contributed by atoms with Crippen LogP contribution >= 0.6 is 11.6 Å². The number of nitrogens with two attached hydrogens (primary N) is 1. The molecule has 1 saturated carbocycles. The van der Waals surface area contributed by atoms with Crippen molar-refractivity contribution in [2.24, 2.45) is 5.92 Å². The van der Waals surface area contributed by atoms with Gasteiger partial charge in [0.05, 0.1) is 0 Å². The van der Waals surface area contributed by atoms with Crippen LogP contribution in [0.4, 0.5) is 5.69 Å². The van der Waals surface area contributed by atoms with Crippen molar-refractivity contribution in [3.63, 3.8) is 0 Å². The van der Waals surface area contributed by atoms with Crippen molar-refractivity contribution in [3.05, 3.63) is 28.8 Å². The molecule has 3 heteroatoms. The highest BCUT2D eigenvalue weighted by atomic mass is 35.5. The van der Waals surface area contributed by atoms with Crippen LogP contribution in [0.25, 0.3) is 0 Å². The third-order valence-electron chi connectivity index (χ3n) is 4.60. The summed E-state index contributed by atoms with van der Waals surface area (Å²) in [5, 5.41) is 0.790. The highest BCUT2D eigenvalue weighted by Gasteiger charge is 2.35. The van der Waals surface area contributed by atoms with Gasteiger partial charge in [-0.1, -0.05) is 24.4 Å². The van der Waals surface area contributed by atoms with E-state index in [1.807, 2.05) is 18.2 Å². The number of rotatable bonds is 2. The van der Waals surface area contributed by atoms with E-state index in [1.165, 1.54) is 44.2 Å². The van der Waals surface area contributed by atoms with E-state index in [4.69, 9.17) is 17.3 Å². The quantitative estimate of drug-likeness (QED) is 0.826. The molecule has 0 amide bonds. The van der Waals surface area contributed by atoms with Crippen LogP contribution in [0.2, 0.25) is 5.02 Å². The fraction of sp³-hybridized carbons (Fsp3) is 0.600. The van der Waals surface area contributed by atoms with Crippen molar-refractivity contribution in [3.8, 4) is 0 Å². The second-order valence-corrected chi connectivity index (χ2v) is 6.15. The Morgan fingerprint density at radius 1 is 1.22 bits per heavy atom. The minimum absolute atomic E-state index is 0.789. The fourth-order valence-electron chi connectivity index (χ4n) is 3.63. The van der Waals surface area contributed by atoms with Crippen LogP contribution in [0.5, 0.6) is 0 Å². The maximum atomic E-state index is 6.07. The van der Waals surface area contributed by atoms with E-state index in [0.717, 1.165) is 29.2 Å². The van der Waals surface area contributed by atoms with Crippen LogP contribution in [0.15, 0.2) is 18.2 Å². The summed E-state index contributed by atoms with van der Waals surface area (Å²) < 4.78 is 0. The molecule has 1 aromatic rings. The molecule has 0 bridgehead atoms. The zero-order valence-corrected chi connectivity index (χ0v) is 11.5. The van der Waals surface area contributed by atoms with E-state index in [-0.39, 0.29) is 0 Å². The molecule has 2 nitrogen and oxygen atoms in total. The predicted molar refractivity (Wildman–Crippen MR) is 76.6 cm³/mol. The highest BCUT2D eigenvalue weighted by molar-refractivity contribution is 6.30. The molecular weight excluding hydrogens is 244 g/mol. The first kappa shape index (κ1) is 12.3. The lowest BCUT2D eigenvalue weighted by molar-refractivity contribution is 0.176. The second kappa shape index (κ2) is 5.10. The van der Waals surface area contributed by atoms with Crippen LogP contribution in [0, 0.1) is 5.92 Å². The molecule has 0 radical (unpaired) electrons. The summed E-state index contributed by atoms with van der Waals surface area (Å²) in [4.78, 5) is 2.62. The molecule has 18 heavy (non-hydrogen) atoms. The number of nitrogen functional groups attached to an aromatic ring is 1. The molecule has 1 aliphatic carbocycles. The number of halogens is 1. The van der Waals surface area contributed by atoms with Crippen LogP contribution in [-0.4, -0.2) is 17.5 Å². The van der Waals surface area contributed by atoms with Gasteiger partial charge >= 0.3 is 0 Å². The maximum Gasteiger partial charge on any atom is 0.0410 e. The predicted octanol–water partition coefficient (Wildman–Crippen LogP) is 3.69. The molecular formula is C15H21ClN2. The second-order valence-electron chi connectivity index (χ2n) is 5.71. The summed E-state index contributed by atoms with van der Waals surface area (Å²) in [6, 6.07) is 6.60. The number of hydrogen-bond donors (Lipinski definition) is 1. The van der Waals surface area contributed by atoms with E-state index in [0.29, 0.717) is 0 Å². The lowest BCUT2D eigenvalue weighted by Crippen LogP contribution is -2.34. The minimum atomic E-state index is 0.789. The summed E-state index contributed by atoms with van der Waals surface area (Å²) in [5.41, 5.74) is 8.11. The number of nitrogens with zero attached hydrogens (tertiary/aromatic N) is 1. The standard InChI is InChI=1S/C15H21ClN2/c16-13-5-6-14(17)12(9-13)10-18-8-7-11-3-1-2-4-15(11)18/h5-6,9,11,15H,1-4,7-8,10,17H2. The lowest BCUT2D eigenvalue weighted by Gasteiger charge is -2.32. The van der Waals surface area contributed by atoms with E-state index >= 15 is 0 Å². The molecule has 1 heterocycles. The molecule has 0 spiro atoms. The summed E-state index contributed by atoms with van der Waals surface area (Å²) in [5.74, 6) is 0.930. The SMILES string of the molecule is Nc1ccc(Cl)cc1CN1CCC2CCCCC21. The van der Waals surface area contributed by atoms with Gasteiger partial charge in [-0.3, -0.25) is 4.90 Å². The highest BCUT2D eigenvalue weighted by Crippen LogP contribution is 2.37. The Morgan fingerprint density at radius 2 is 2.06 bits per heavy atom. The van der Waals surface area contributed by atoms with Gasteiger partial charge in [-0.15, -0.1) is 0 Å². The normalized spacial score (nSPS) is 28.3. The van der Waals surface area contributed by atoms with Crippen LogP contribution in [0.3, 0.4) is 0 Å². The fourth-order valence-corrected chi connectivity index (χ4v) is 3.82. The van der Waals surface area contributed by atoms with Gasteiger partial charge in [0, 0.05) is 23.3 Å². The van der Waals surface area contributed by atoms with Gasteiger partial charge in [0.1, 0.15) is 0 Å². The Labute approximate surface area is 114 Å². The van der Waals surface area contributed by atoms with Gasteiger partial charge < -0.3 is 5.73 Å². The van der Waals surface area contributed by atoms with Gasteiger partial charge in [0.2, 0.25) is 0 Å². The summed E-state index contributed by atoms with van der Waals surface area (Å²) >= 11 is 6.07. The molecule has 1 saturated heterocycles. The topological polar surface area (TPSA) is 29.3 Å². The van der Waals surface area contributed by atoms with Gasteiger partial charge in [-0.25, -0.2) is 0 Å². The van der Waals surface area contributed by atoms with Crippen molar-refractivity contribution in [1.29, 1.82) is 0 Å².